The molecule has 1 saturated heterocycles. The summed E-state index contributed by atoms with van der Waals surface area (Å²) in [6.45, 7) is 11.1. The fraction of sp³-hybridized carbons (Fsp3) is 0.542. The van der Waals surface area contributed by atoms with E-state index in [1.807, 2.05) is 50.8 Å². The molecule has 1 aromatic heterocycles. The van der Waals surface area contributed by atoms with Gasteiger partial charge in [0.15, 0.2) is 0 Å². The SMILES string of the molecule is Cc1c(C=O)ccc2c1cc(C#N)n2CCC1CCN(C(=O)OC(C)(C)C)C(C)C1. The Morgan fingerprint density at radius 2 is 2.10 bits per heavy atom. The molecule has 160 valence electrons. The summed E-state index contributed by atoms with van der Waals surface area (Å²) < 4.78 is 7.59. The number of carbonyl (C=O) groups is 2. The zero-order valence-electron chi connectivity index (χ0n) is 18.6. The Balaban J connectivity index is 1.69. The molecule has 0 aliphatic carbocycles. The number of amides is 1. The zero-order chi connectivity index (χ0) is 22.1. The van der Waals surface area contributed by atoms with E-state index in [-0.39, 0.29) is 12.1 Å². The number of piperidine rings is 1. The van der Waals surface area contributed by atoms with E-state index in [1.54, 1.807) is 0 Å². The number of carbonyl (C=O) groups excluding carboxylic acids is 2. The van der Waals surface area contributed by atoms with Crippen LogP contribution in [0.1, 0.15) is 68.6 Å². The van der Waals surface area contributed by atoms with Gasteiger partial charge in [0, 0.05) is 35.6 Å². The number of ether oxygens (including phenoxy) is 1. The van der Waals surface area contributed by atoms with Gasteiger partial charge in [-0.15, -0.1) is 0 Å². The number of likely N-dealkylation sites (tertiary alicyclic amines) is 1. The number of hydrogen-bond donors (Lipinski definition) is 0. The summed E-state index contributed by atoms with van der Waals surface area (Å²) in [5.74, 6) is 0.484. The molecule has 2 atom stereocenters. The number of aromatic nitrogens is 1. The van der Waals surface area contributed by atoms with Crippen molar-refractivity contribution < 1.29 is 14.3 Å². The first kappa shape index (κ1) is 21.9. The minimum Gasteiger partial charge on any atom is -0.444 e. The van der Waals surface area contributed by atoms with Crippen LogP contribution in [-0.4, -0.2) is 40.0 Å². The molecule has 1 aromatic carbocycles. The van der Waals surface area contributed by atoms with E-state index >= 15 is 0 Å². The lowest BCUT2D eigenvalue weighted by atomic mass is 9.89. The Kier molecular flexibility index (Phi) is 6.21. The minimum absolute atomic E-state index is 0.132. The van der Waals surface area contributed by atoms with Gasteiger partial charge in [-0.3, -0.25) is 4.79 Å². The molecule has 2 aromatic rings. The molecule has 0 radical (unpaired) electrons. The first-order chi connectivity index (χ1) is 14.1. The molecule has 0 N–H and O–H groups in total. The molecule has 6 nitrogen and oxygen atoms in total. The van der Waals surface area contributed by atoms with Gasteiger partial charge in [-0.05, 0) is 83.6 Å². The average Bonchev–Trinajstić information content (AvgIpc) is 3.04. The van der Waals surface area contributed by atoms with Gasteiger partial charge >= 0.3 is 6.09 Å². The van der Waals surface area contributed by atoms with Crippen molar-refractivity contribution in [3.63, 3.8) is 0 Å². The second kappa shape index (κ2) is 8.51. The quantitative estimate of drug-likeness (QED) is 0.662. The molecule has 1 fully saturated rings. The second-order valence-corrected chi connectivity index (χ2v) is 9.33. The maximum Gasteiger partial charge on any atom is 0.410 e. The molecular formula is C24H31N3O3. The normalized spacial score (nSPS) is 19.5. The van der Waals surface area contributed by atoms with Crippen molar-refractivity contribution >= 4 is 23.3 Å². The lowest BCUT2D eigenvalue weighted by molar-refractivity contribution is 0.00654. The highest BCUT2D eigenvalue weighted by Crippen LogP contribution is 2.30. The second-order valence-electron chi connectivity index (χ2n) is 9.33. The number of nitrogens with zero attached hydrogens (tertiary/aromatic N) is 3. The van der Waals surface area contributed by atoms with E-state index in [9.17, 15) is 14.9 Å². The Bertz CT molecular complexity index is 994. The summed E-state index contributed by atoms with van der Waals surface area (Å²) in [6.07, 6.45) is 3.42. The highest BCUT2D eigenvalue weighted by molar-refractivity contribution is 5.92. The summed E-state index contributed by atoms with van der Waals surface area (Å²) >= 11 is 0. The van der Waals surface area contributed by atoms with Crippen molar-refractivity contribution in [3.05, 3.63) is 35.0 Å². The highest BCUT2D eigenvalue weighted by atomic mass is 16.6. The first-order valence-corrected chi connectivity index (χ1v) is 10.6. The van der Waals surface area contributed by atoms with Gasteiger partial charge in [0.2, 0.25) is 0 Å². The molecule has 1 aliphatic heterocycles. The van der Waals surface area contributed by atoms with Crippen LogP contribution in [0.2, 0.25) is 0 Å². The maximum absolute atomic E-state index is 12.4. The number of nitriles is 1. The molecule has 2 heterocycles. The van der Waals surface area contributed by atoms with Crippen molar-refractivity contribution in [1.29, 1.82) is 5.26 Å². The van der Waals surface area contributed by atoms with Gasteiger partial charge in [0.25, 0.3) is 0 Å². The zero-order valence-corrected chi connectivity index (χ0v) is 18.6. The third kappa shape index (κ3) is 4.51. The van der Waals surface area contributed by atoms with Crippen LogP contribution in [0.4, 0.5) is 4.79 Å². The molecular weight excluding hydrogens is 378 g/mol. The minimum atomic E-state index is -0.487. The van der Waals surface area contributed by atoms with Gasteiger partial charge in [0.05, 0.1) is 0 Å². The molecule has 0 spiro atoms. The number of aldehydes is 1. The van der Waals surface area contributed by atoms with Gasteiger partial charge in [0.1, 0.15) is 23.7 Å². The van der Waals surface area contributed by atoms with Crippen LogP contribution in [0.5, 0.6) is 0 Å². The van der Waals surface area contributed by atoms with Crippen molar-refractivity contribution in [1.82, 2.24) is 9.47 Å². The van der Waals surface area contributed by atoms with E-state index in [0.29, 0.717) is 23.7 Å². The van der Waals surface area contributed by atoms with E-state index in [4.69, 9.17) is 4.74 Å². The maximum atomic E-state index is 12.4. The molecule has 6 heteroatoms. The van der Waals surface area contributed by atoms with Crippen molar-refractivity contribution in [2.75, 3.05) is 6.54 Å². The van der Waals surface area contributed by atoms with E-state index < -0.39 is 5.60 Å². The molecule has 3 rings (SSSR count). The topological polar surface area (TPSA) is 75.3 Å². The number of hydrogen-bond acceptors (Lipinski definition) is 4. The van der Waals surface area contributed by atoms with Crippen LogP contribution in [0.25, 0.3) is 10.9 Å². The van der Waals surface area contributed by atoms with Gasteiger partial charge in [-0.25, -0.2) is 4.79 Å². The largest absolute Gasteiger partial charge is 0.444 e. The van der Waals surface area contributed by atoms with Gasteiger partial charge in [-0.1, -0.05) is 0 Å². The third-order valence-electron chi connectivity index (χ3n) is 6.01. The van der Waals surface area contributed by atoms with E-state index in [2.05, 4.69) is 17.6 Å². The molecule has 0 bridgehead atoms. The molecule has 1 aliphatic rings. The average molecular weight is 410 g/mol. The summed E-state index contributed by atoms with van der Waals surface area (Å²) in [6, 6.07) is 8.06. The summed E-state index contributed by atoms with van der Waals surface area (Å²) in [4.78, 5) is 25.5. The molecule has 0 saturated carbocycles. The Morgan fingerprint density at radius 1 is 1.37 bits per heavy atom. The number of fused-ring (bicyclic) bond motifs is 1. The monoisotopic (exact) mass is 409 g/mol. The van der Waals surface area contributed by atoms with Gasteiger partial charge in [-0.2, -0.15) is 5.26 Å². The summed E-state index contributed by atoms with van der Waals surface area (Å²) in [5, 5.41) is 10.6. The summed E-state index contributed by atoms with van der Waals surface area (Å²) in [5.41, 5.74) is 2.70. The fourth-order valence-electron chi connectivity index (χ4n) is 4.39. The number of rotatable bonds is 4. The van der Waals surface area contributed by atoms with Crippen LogP contribution in [0.3, 0.4) is 0 Å². The van der Waals surface area contributed by atoms with Gasteiger partial charge < -0.3 is 14.2 Å². The van der Waals surface area contributed by atoms with Crippen molar-refractivity contribution in [3.8, 4) is 6.07 Å². The number of benzene rings is 1. The van der Waals surface area contributed by atoms with E-state index in [0.717, 1.165) is 48.6 Å². The predicted molar refractivity (Wildman–Crippen MR) is 117 cm³/mol. The molecule has 2 unspecified atom stereocenters. The van der Waals surface area contributed by atoms with Crippen LogP contribution in [0.15, 0.2) is 18.2 Å². The number of aryl methyl sites for hydroxylation is 2. The lowest BCUT2D eigenvalue weighted by Gasteiger charge is -2.38. The highest BCUT2D eigenvalue weighted by Gasteiger charge is 2.31. The lowest BCUT2D eigenvalue weighted by Crippen LogP contribution is -2.46. The summed E-state index contributed by atoms with van der Waals surface area (Å²) in [7, 11) is 0. The van der Waals surface area contributed by atoms with Crippen LogP contribution in [-0.2, 0) is 11.3 Å². The van der Waals surface area contributed by atoms with Crippen LogP contribution >= 0.6 is 0 Å². The van der Waals surface area contributed by atoms with Crippen LogP contribution < -0.4 is 0 Å². The molecule has 1 amide bonds. The van der Waals surface area contributed by atoms with E-state index in [1.165, 1.54) is 0 Å². The first-order valence-electron chi connectivity index (χ1n) is 10.6. The Labute approximate surface area is 178 Å². The Morgan fingerprint density at radius 3 is 2.70 bits per heavy atom. The van der Waals surface area contributed by atoms with Crippen molar-refractivity contribution in [2.45, 2.75) is 72.1 Å². The smallest absolute Gasteiger partial charge is 0.410 e. The van der Waals surface area contributed by atoms with Crippen molar-refractivity contribution in [2.24, 2.45) is 5.92 Å². The third-order valence-corrected chi connectivity index (χ3v) is 6.01. The predicted octanol–water partition coefficient (Wildman–Crippen LogP) is 5.06. The standard InChI is InChI=1S/C24H31N3O3/c1-16-12-18(8-10-26(16)23(29)30-24(3,4)5)9-11-27-20(14-25)13-21-17(2)19(15-28)6-7-22(21)27/h6-7,13,15-16,18H,8-12H2,1-5H3. The Hall–Kier alpha value is -2.81. The fourth-order valence-corrected chi connectivity index (χ4v) is 4.39. The van der Waals surface area contributed by atoms with Crippen LogP contribution in [0, 0.1) is 24.2 Å². The molecule has 30 heavy (non-hydrogen) atoms.